The van der Waals surface area contributed by atoms with Crippen LogP contribution in [0.3, 0.4) is 0 Å². The number of amidine groups is 1. The van der Waals surface area contributed by atoms with Gasteiger partial charge in [0, 0.05) is 24.9 Å². The smallest absolute Gasteiger partial charge is 0.416 e. The first-order chi connectivity index (χ1) is 18.2. The van der Waals surface area contributed by atoms with Crippen molar-refractivity contribution in [3.05, 3.63) is 88.0 Å². The van der Waals surface area contributed by atoms with E-state index in [1.54, 1.807) is 41.5 Å². The van der Waals surface area contributed by atoms with Crippen LogP contribution in [0.2, 0.25) is 0 Å². The van der Waals surface area contributed by atoms with Crippen molar-refractivity contribution >= 4 is 34.5 Å². The molecule has 2 aromatic carbocycles. The lowest BCUT2D eigenvalue weighted by atomic mass is 9.91. The molecule has 1 amide bonds. The molecule has 2 aliphatic rings. The van der Waals surface area contributed by atoms with Crippen LogP contribution in [-0.2, 0) is 25.2 Å². The summed E-state index contributed by atoms with van der Waals surface area (Å²) in [6.45, 7) is 2.44. The molecule has 0 spiro atoms. The number of amides is 1. The number of benzene rings is 2. The Balaban J connectivity index is 1.82. The van der Waals surface area contributed by atoms with Gasteiger partial charge in [0.05, 0.1) is 42.5 Å². The molecular formula is C27H26F3N3O4S. The molecule has 0 aromatic heterocycles. The van der Waals surface area contributed by atoms with Crippen LogP contribution >= 0.6 is 11.8 Å². The molecule has 1 atom stereocenters. The summed E-state index contributed by atoms with van der Waals surface area (Å²) < 4.78 is 50.3. The average molecular weight is 546 g/mol. The summed E-state index contributed by atoms with van der Waals surface area (Å²) in [4.78, 5) is 32.5. The van der Waals surface area contributed by atoms with Crippen LogP contribution in [0.1, 0.15) is 36.1 Å². The Morgan fingerprint density at radius 1 is 1.11 bits per heavy atom. The summed E-state index contributed by atoms with van der Waals surface area (Å²) in [5.41, 5.74) is 1.38. The average Bonchev–Trinajstić information content (AvgIpc) is 3.30. The third-order valence-corrected chi connectivity index (χ3v) is 6.77. The van der Waals surface area contributed by atoms with E-state index in [1.165, 1.54) is 31.0 Å². The van der Waals surface area contributed by atoms with Crippen LogP contribution in [-0.4, -0.2) is 48.8 Å². The number of nitrogens with zero attached hydrogens (tertiary/aromatic N) is 2. The molecule has 200 valence electrons. The first-order valence-electron chi connectivity index (χ1n) is 11.9. The number of methoxy groups -OCH3 is 1. The number of esters is 1. The maximum Gasteiger partial charge on any atom is 0.416 e. The topological polar surface area (TPSA) is 80.2 Å². The second kappa shape index (κ2) is 11.9. The van der Waals surface area contributed by atoms with Crippen molar-refractivity contribution in [2.24, 2.45) is 4.99 Å². The minimum atomic E-state index is -4.51. The van der Waals surface area contributed by atoms with Crippen molar-refractivity contribution < 1.29 is 32.2 Å². The zero-order valence-electron chi connectivity index (χ0n) is 20.7. The fourth-order valence-electron chi connectivity index (χ4n) is 4.18. The summed E-state index contributed by atoms with van der Waals surface area (Å²) in [5, 5.41) is 5.03. The Labute approximate surface area is 222 Å². The zero-order valence-corrected chi connectivity index (χ0v) is 21.6. The van der Waals surface area contributed by atoms with E-state index in [4.69, 9.17) is 14.5 Å². The SMILES string of the molecule is CCOC(=O)C1=C(c2ccccc2)N=C2SC=C(CC(=O)NCCOC)N2[C@@H]1c1ccc(C(F)(F)F)cc1. The van der Waals surface area contributed by atoms with Gasteiger partial charge in [-0.2, -0.15) is 13.2 Å². The summed E-state index contributed by atoms with van der Waals surface area (Å²) in [7, 11) is 1.53. The van der Waals surface area contributed by atoms with Crippen molar-refractivity contribution in [2.75, 3.05) is 26.9 Å². The molecule has 11 heteroatoms. The lowest BCUT2D eigenvalue weighted by molar-refractivity contribution is -0.139. The minimum Gasteiger partial charge on any atom is -0.463 e. The predicted molar refractivity (Wildman–Crippen MR) is 139 cm³/mol. The maximum absolute atomic E-state index is 13.4. The number of carbonyl (C=O) groups excluding carboxylic acids is 2. The van der Waals surface area contributed by atoms with E-state index in [2.05, 4.69) is 5.32 Å². The number of alkyl halides is 3. The van der Waals surface area contributed by atoms with Gasteiger partial charge in [-0.25, -0.2) is 9.79 Å². The van der Waals surface area contributed by atoms with E-state index in [-0.39, 0.29) is 24.5 Å². The maximum atomic E-state index is 13.4. The minimum absolute atomic E-state index is 0.0242. The van der Waals surface area contributed by atoms with Crippen LogP contribution < -0.4 is 5.32 Å². The number of halogens is 3. The Kier molecular flexibility index (Phi) is 8.58. The Hall–Kier alpha value is -3.57. The molecule has 0 bridgehead atoms. The predicted octanol–water partition coefficient (Wildman–Crippen LogP) is 5.13. The van der Waals surface area contributed by atoms with E-state index in [0.717, 1.165) is 12.1 Å². The Bertz CT molecular complexity index is 1270. The van der Waals surface area contributed by atoms with Gasteiger partial charge in [-0.05, 0) is 30.0 Å². The molecule has 2 aromatic rings. The molecular weight excluding hydrogens is 519 g/mol. The van der Waals surface area contributed by atoms with Gasteiger partial charge in [-0.3, -0.25) is 4.79 Å². The lowest BCUT2D eigenvalue weighted by Crippen LogP contribution is -2.38. The summed E-state index contributed by atoms with van der Waals surface area (Å²) in [6, 6.07) is 12.8. The molecule has 1 N–H and O–H groups in total. The number of aliphatic imine (C=N–C) groups is 1. The van der Waals surface area contributed by atoms with Gasteiger partial charge in [0.1, 0.15) is 0 Å². The van der Waals surface area contributed by atoms with Gasteiger partial charge in [-0.1, -0.05) is 54.2 Å². The van der Waals surface area contributed by atoms with E-state index in [1.807, 2.05) is 6.07 Å². The third kappa shape index (κ3) is 5.94. The Morgan fingerprint density at radius 2 is 1.82 bits per heavy atom. The van der Waals surface area contributed by atoms with Crippen molar-refractivity contribution in [1.29, 1.82) is 0 Å². The number of hydrogen-bond acceptors (Lipinski definition) is 7. The number of rotatable bonds is 9. The van der Waals surface area contributed by atoms with Crippen LogP contribution in [0.4, 0.5) is 13.2 Å². The first kappa shape index (κ1) is 27.5. The van der Waals surface area contributed by atoms with E-state index < -0.39 is 23.8 Å². The highest BCUT2D eigenvalue weighted by molar-refractivity contribution is 8.16. The van der Waals surface area contributed by atoms with Crippen molar-refractivity contribution in [1.82, 2.24) is 10.2 Å². The zero-order chi connectivity index (χ0) is 27.3. The van der Waals surface area contributed by atoms with Crippen LogP contribution in [0.15, 0.2) is 76.3 Å². The summed E-state index contributed by atoms with van der Waals surface area (Å²) in [5.74, 6) is -0.906. The second-order valence-electron chi connectivity index (χ2n) is 8.38. The van der Waals surface area contributed by atoms with Crippen LogP contribution in [0.5, 0.6) is 0 Å². The molecule has 7 nitrogen and oxygen atoms in total. The molecule has 4 rings (SSSR count). The van der Waals surface area contributed by atoms with Crippen molar-refractivity contribution in [2.45, 2.75) is 25.6 Å². The standard InChI is InChI=1S/C27H26F3N3O4S/c1-3-37-25(35)22-23(17-7-5-4-6-8-17)32-26-33(20(16-38-26)15-21(34)31-13-14-36-2)24(22)18-9-11-19(12-10-18)27(28,29)30/h4-12,16,24H,3,13-15H2,1-2H3,(H,31,34)/t24-/m1/s1. The summed E-state index contributed by atoms with van der Waals surface area (Å²) >= 11 is 1.28. The van der Waals surface area contributed by atoms with Crippen LogP contribution in [0, 0.1) is 0 Å². The highest BCUT2D eigenvalue weighted by Gasteiger charge is 2.42. The molecule has 0 unspecified atom stereocenters. The van der Waals surface area contributed by atoms with Crippen LogP contribution in [0.25, 0.3) is 5.70 Å². The molecule has 0 saturated heterocycles. The largest absolute Gasteiger partial charge is 0.463 e. The number of carbonyl (C=O) groups is 2. The number of fused-ring (bicyclic) bond motifs is 1. The van der Waals surface area contributed by atoms with Gasteiger partial charge < -0.3 is 19.7 Å². The normalized spacial score (nSPS) is 17.1. The van der Waals surface area contributed by atoms with Gasteiger partial charge in [0.15, 0.2) is 5.17 Å². The molecule has 0 aliphatic carbocycles. The van der Waals surface area contributed by atoms with Gasteiger partial charge in [-0.15, -0.1) is 0 Å². The molecule has 2 aliphatic heterocycles. The molecule has 2 heterocycles. The van der Waals surface area contributed by atoms with E-state index in [9.17, 15) is 22.8 Å². The molecule has 0 radical (unpaired) electrons. The molecule has 38 heavy (non-hydrogen) atoms. The number of ether oxygens (including phenoxy) is 2. The van der Waals surface area contributed by atoms with E-state index >= 15 is 0 Å². The van der Waals surface area contributed by atoms with Gasteiger partial charge in [0.25, 0.3) is 0 Å². The first-order valence-corrected chi connectivity index (χ1v) is 12.8. The monoisotopic (exact) mass is 545 g/mol. The fourth-order valence-corrected chi connectivity index (χ4v) is 5.10. The Morgan fingerprint density at radius 3 is 2.45 bits per heavy atom. The quantitative estimate of drug-likeness (QED) is 0.348. The third-order valence-electron chi connectivity index (χ3n) is 5.88. The highest BCUT2D eigenvalue weighted by Crippen LogP contribution is 2.47. The van der Waals surface area contributed by atoms with Gasteiger partial charge >= 0.3 is 12.1 Å². The highest BCUT2D eigenvalue weighted by atomic mass is 32.2. The second-order valence-corrected chi connectivity index (χ2v) is 9.22. The fraction of sp³-hybridized carbons (Fsp3) is 0.296. The number of hydrogen-bond donors (Lipinski definition) is 1. The van der Waals surface area contributed by atoms with Crippen molar-refractivity contribution in [3.8, 4) is 0 Å². The molecule has 0 saturated carbocycles. The summed E-state index contributed by atoms with van der Waals surface area (Å²) in [6.07, 6.45) is -4.54. The number of nitrogens with one attached hydrogen (secondary N) is 1. The lowest BCUT2D eigenvalue weighted by Gasteiger charge is -2.37. The van der Waals surface area contributed by atoms with Gasteiger partial charge in [0.2, 0.25) is 5.91 Å². The van der Waals surface area contributed by atoms with Crippen molar-refractivity contribution in [3.63, 3.8) is 0 Å². The van der Waals surface area contributed by atoms with E-state index in [0.29, 0.717) is 40.8 Å². The number of thioether (sulfide) groups is 1. The molecule has 0 fully saturated rings.